The molecule has 0 aliphatic carbocycles. The Hall–Kier alpha value is -0.770. The smallest absolute Gasteiger partial charge is 0.191 e. The summed E-state index contributed by atoms with van der Waals surface area (Å²) in [6.07, 6.45) is 2.45. The fraction of sp³-hybridized carbons (Fsp3) is 0.929. The Morgan fingerprint density at radius 1 is 1.06 bits per heavy atom. The highest BCUT2D eigenvalue weighted by atomic mass is 15.2. The second-order valence-electron chi connectivity index (χ2n) is 6.14. The third-order valence-electron chi connectivity index (χ3n) is 2.55. The first-order chi connectivity index (χ1) is 8.35. The van der Waals surface area contributed by atoms with Crippen LogP contribution in [0.25, 0.3) is 0 Å². The van der Waals surface area contributed by atoms with Gasteiger partial charge in [0, 0.05) is 32.2 Å². The fourth-order valence-corrected chi connectivity index (χ4v) is 1.56. The van der Waals surface area contributed by atoms with Gasteiger partial charge in [-0.25, -0.2) is 0 Å². The molecule has 0 aromatic carbocycles. The van der Waals surface area contributed by atoms with Crippen LogP contribution in [-0.2, 0) is 0 Å². The van der Waals surface area contributed by atoms with Crippen LogP contribution < -0.4 is 16.0 Å². The quantitative estimate of drug-likeness (QED) is 0.371. The van der Waals surface area contributed by atoms with E-state index >= 15 is 0 Å². The van der Waals surface area contributed by atoms with Gasteiger partial charge in [0.1, 0.15) is 0 Å². The number of hydrogen-bond donors (Lipinski definition) is 3. The molecule has 0 saturated heterocycles. The molecule has 0 amide bonds. The van der Waals surface area contributed by atoms with Crippen molar-refractivity contribution < 1.29 is 0 Å². The average molecular weight is 256 g/mol. The fourth-order valence-electron chi connectivity index (χ4n) is 1.56. The Balaban J connectivity index is 3.60. The lowest BCUT2D eigenvalue weighted by atomic mass is 10.1. The van der Waals surface area contributed by atoms with E-state index in [0.717, 1.165) is 31.5 Å². The predicted octanol–water partition coefficient (Wildman–Crippen LogP) is 1.98. The number of hydrogen-bond acceptors (Lipinski definition) is 2. The van der Waals surface area contributed by atoms with Gasteiger partial charge in [-0.05, 0) is 39.5 Å². The second kappa shape index (κ2) is 9.20. The zero-order valence-electron chi connectivity index (χ0n) is 13.1. The molecule has 0 aromatic heterocycles. The minimum atomic E-state index is 0.176. The molecule has 0 spiro atoms. The highest BCUT2D eigenvalue weighted by Gasteiger charge is 2.07. The Bertz CT molecular complexity index is 228. The van der Waals surface area contributed by atoms with Crippen LogP contribution in [0.3, 0.4) is 0 Å². The van der Waals surface area contributed by atoms with Crippen molar-refractivity contribution in [3.8, 4) is 0 Å². The highest BCUT2D eigenvalue weighted by molar-refractivity contribution is 5.79. The van der Waals surface area contributed by atoms with Crippen LogP contribution in [0, 0.1) is 5.92 Å². The van der Waals surface area contributed by atoms with Gasteiger partial charge >= 0.3 is 0 Å². The van der Waals surface area contributed by atoms with E-state index in [1.807, 2.05) is 7.05 Å². The van der Waals surface area contributed by atoms with Crippen LogP contribution >= 0.6 is 0 Å². The number of nitrogens with zero attached hydrogens (tertiary/aromatic N) is 1. The molecule has 3 N–H and O–H groups in total. The first-order valence-corrected chi connectivity index (χ1v) is 7.04. The summed E-state index contributed by atoms with van der Waals surface area (Å²) in [7, 11) is 1.81. The van der Waals surface area contributed by atoms with E-state index < -0.39 is 0 Å². The van der Waals surface area contributed by atoms with E-state index in [9.17, 15) is 0 Å². The molecule has 0 radical (unpaired) electrons. The Kier molecular flexibility index (Phi) is 8.81. The molecule has 18 heavy (non-hydrogen) atoms. The maximum absolute atomic E-state index is 4.21. The number of aliphatic imine (C=N–C) groups is 1. The molecule has 108 valence electrons. The summed E-state index contributed by atoms with van der Waals surface area (Å²) in [5.74, 6) is 1.67. The van der Waals surface area contributed by atoms with Crippen molar-refractivity contribution in [3.63, 3.8) is 0 Å². The number of guanidine groups is 1. The molecule has 0 aliphatic heterocycles. The molecule has 0 bridgehead atoms. The van der Waals surface area contributed by atoms with E-state index in [1.54, 1.807) is 0 Å². The zero-order valence-corrected chi connectivity index (χ0v) is 13.1. The first-order valence-electron chi connectivity index (χ1n) is 7.04. The van der Waals surface area contributed by atoms with Crippen molar-refractivity contribution in [3.05, 3.63) is 0 Å². The normalized spacial score (nSPS) is 12.9. The van der Waals surface area contributed by atoms with Crippen molar-refractivity contribution >= 4 is 5.96 Å². The molecular formula is C14H32N4. The van der Waals surface area contributed by atoms with Crippen molar-refractivity contribution in [1.82, 2.24) is 16.0 Å². The molecule has 4 heteroatoms. The second-order valence-corrected chi connectivity index (χ2v) is 6.14. The first kappa shape index (κ1) is 17.2. The lowest BCUT2D eigenvalue weighted by Gasteiger charge is -2.21. The summed E-state index contributed by atoms with van der Waals surface area (Å²) in [5, 5.41) is 10.1. The molecule has 0 saturated carbocycles. The van der Waals surface area contributed by atoms with Crippen molar-refractivity contribution in [2.75, 3.05) is 26.7 Å². The van der Waals surface area contributed by atoms with E-state index in [4.69, 9.17) is 0 Å². The molecule has 0 rings (SSSR count). The van der Waals surface area contributed by atoms with Crippen LogP contribution in [0.1, 0.15) is 47.5 Å². The van der Waals surface area contributed by atoms with Gasteiger partial charge in [0.15, 0.2) is 5.96 Å². The lowest BCUT2D eigenvalue weighted by molar-refractivity contribution is 0.428. The largest absolute Gasteiger partial charge is 0.356 e. The monoisotopic (exact) mass is 256 g/mol. The van der Waals surface area contributed by atoms with Crippen LogP contribution in [-0.4, -0.2) is 38.2 Å². The van der Waals surface area contributed by atoms with Gasteiger partial charge in [-0.3, -0.25) is 4.99 Å². The van der Waals surface area contributed by atoms with Crippen molar-refractivity contribution in [1.29, 1.82) is 0 Å². The average Bonchev–Trinajstić information content (AvgIpc) is 2.25. The van der Waals surface area contributed by atoms with Crippen LogP contribution in [0.15, 0.2) is 4.99 Å². The topological polar surface area (TPSA) is 48.5 Å². The molecular weight excluding hydrogens is 224 g/mol. The summed E-state index contributed by atoms with van der Waals surface area (Å²) in [6, 6.07) is 0. The van der Waals surface area contributed by atoms with Crippen LogP contribution in [0.5, 0.6) is 0 Å². The Labute approximate surface area is 113 Å². The van der Waals surface area contributed by atoms with Gasteiger partial charge in [0.05, 0.1) is 0 Å². The molecule has 0 atom stereocenters. The minimum absolute atomic E-state index is 0.176. The predicted molar refractivity (Wildman–Crippen MR) is 81.2 cm³/mol. The van der Waals surface area contributed by atoms with Gasteiger partial charge in [-0.15, -0.1) is 0 Å². The maximum Gasteiger partial charge on any atom is 0.191 e. The Morgan fingerprint density at radius 2 is 1.67 bits per heavy atom. The van der Waals surface area contributed by atoms with E-state index in [1.165, 1.54) is 12.8 Å². The molecule has 0 unspecified atom stereocenters. The summed E-state index contributed by atoms with van der Waals surface area (Å²) in [6.45, 7) is 13.8. The van der Waals surface area contributed by atoms with Crippen LogP contribution in [0.2, 0.25) is 0 Å². The standard InChI is InChI=1S/C14H32N4/c1-12(2)8-7-9-16-13(15-6)17-10-11-18-14(3,4)5/h12,18H,7-11H2,1-6H3,(H2,15,16,17). The highest BCUT2D eigenvalue weighted by Crippen LogP contribution is 2.01. The third-order valence-corrected chi connectivity index (χ3v) is 2.55. The van der Waals surface area contributed by atoms with Crippen molar-refractivity contribution in [2.24, 2.45) is 10.9 Å². The van der Waals surface area contributed by atoms with Gasteiger partial charge in [0.2, 0.25) is 0 Å². The van der Waals surface area contributed by atoms with Gasteiger partial charge in [-0.2, -0.15) is 0 Å². The summed E-state index contributed by atoms with van der Waals surface area (Å²) < 4.78 is 0. The zero-order chi connectivity index (χ0) is 14.0. The molecule has 0 heterocycles. The van der Waals surface area contributed by atoms with Crippen LogP contribution in [0.4, 0.5) is 0 Å². The molecule has 0 fully saturated rings. The van der Waals surface area contributed by atoms with E-state index in [-0.39, 0.29) is 5.54 Å². The lowest BCUT2D eigenvalue weighted by Crippen LogP contribution is -2.44. The van der Waals surface area contributed by atoms with Crippen molar-refractivity contribution in [2.45, 2.75) is 53.0 Å². The summed E-state index contributed by atoms with van der Waals surface area (Å²) >= 11 is 0. The van der Waals surface area contributed by atoms with Gasteiger partial charge in [-0.1, -0.05) is 13.8 Å². The minimum Gasteiger partial charge on any atom is -0.356 e. The van der Waals surface area contributed by atoms with Gasteiger partial charge in [0.25, 0.3) is 0 Å². The SMILES string of the molecule is CN=C(NCCCC(C)C)NCCNC(C)(C)C. The molecule has 0 aromatic rings. The number of rotatable bonds is 7. The van der Waals surface area contributed by atoms with E-state index in [0.29, 0.717) is 0 Å². The summed E-state index contributed by atoms with van der Waals surface area (Å²) in [4.78, 5) is 4.21. The Morgan fingerprint density at radius 3 is 2.17 bits per heavy atom. The molecule has 0 aliphatic rings. The number of nitrogens with one attached hydrogen (secondary N) is 3. The van der Waals surface area contributed by atoms with E-state index in [2.05, 4.69) is 55.6 Å². The maximum atomic E-state index is 4.21. The van der Waals surface area contributed by atoms with Gasteiger partial charge < -0.3 is 16.0 Å². The summed E-state index contributed by atoms with van der Waals surface area (Å²) in [5.41, 5.74) is 0.176. The molecule has 4 nitrogen and oxygen atoms in total. The third kappa shape index (κ3) is 11.7.